The van der Waals surface area contributed by atoms with Crippen molar-refractivity contribution in [1.29, 1.82) is 0 Å². The molecule has 1 aromatic heterocycles. The first-order chi connectivity index (χ1) is 9.33. The summed E-state index contributed by atoms with van der Waals surface area (Å²) >= 11 is 5.80. The van der Waals surface area contributed by atoms with Crippen molar-refractivity contribution in [3.63, 3.8) is 0 Å². The number of hydrogen-bond acceptors (Lipinski definition) is 2. The Balaban J connectivity index is 1.73. The smallest absolute Gasteiger partial charge is 0.0762 e. The largest absolute Gasteiger partial charge is 0.311 e. The molecule has 1 aromatic rings. The molecule has 1 N–H and O–H groups in total. The van der Waals surface area contributed by atoms with Crippen molar-refractivity contribution in [2.75, 3.05) is 12.4 Å². The molecule has 0 saturated heterocycles. The fourth-order valence-electron chi connectivity index (χ4n) is 2.85. The number of hydrogen-bond donors (Lipinski definition) is 1. The second-order valence-corrected chi connectivity index (χ2v) is 5.99. The van der Waals surface area contributed by atoms with Crippen LogP contribution >= 0.6 is 11.6 Å². The van der Waals surface area contributed by atoms with Gasteiger partial charge in [-0.05, 0) is 37.8 Å². The maximum atomic E-state index is 5.80. The van der Waals surface area contributed by atoms with Gasteiger partial charge < -0.3 is 5.32 Å². The predicted molar refractivity (Wildman–Crippen MR) is 80.6 cm³/mol. The zero-order valence-corrected chi connectivity index (χ0v) is 12.7. The fourth-order valence-corrected chi connectivity index (χ4v) is 3.16. The van der Waals surface area contributed by atoms with Gasteiger partial charge >= 0.3 is 0 Å². The van der Waals surface area contributed by atoms with E-state index in [1.807, 2.05) is 0 Å². The van der Waals surface area contributed by atoms with Gasteiger partial charge in [-0.3, -0.25) is 4.68 Å². The molecular formula is C15H26ClN3. The fraction of sp³-hybridized carbons (Fsp3) is 0.800. The highest BCUT2D eigenvalue weighted by atomic mass is 35.5. The van der Waals surface area contributed by atoms with Gasteiger partial charge in [0.2, 0.25) is 0 Å². The molecule has 1 heterocycles. The molecule has 4 heteroatoms. The van der Waals surface area contributed by atoms with Crippen LogP contribution in [-0.2, 0) is 6.54 Å². The molecular weight excluding hydrogens is 258 g/mol. The summed E-state index contributed by atoms with van der Waals surface area (Å²) in [6, 6.07) is 2.79. The Kier molecular flexibility index (Phi) is 6.18. The number of nitrogens with zero attached hydrogens (tertiary/aromatic N) is 2. The summed E-state index contributed by atoms with van der Waals surface area (Å²) in [6.45, 7) is 4.14. The Bertz CT molecular complexity index is 358. The van der Waals surface area contributed by atoms with E-state index < -0.39 is 0 Å². The van der Waals surface area contributed by atoms with E-state index in [-0.39, 0.29) is 0 Å². The van der Waals surface area contributed by atoms with Crippen molar-refractivity contribution in [3.8, 4) is 0 Å². The highest BCUT2D eigenvalue weighted by Crippen LogP contribution is 2.28. The molecule has 1 saturated carbocycles. The Morgan fingerprint density at radius 1 is 1.47 bits per heavy atom. The van der Waals surface area contributed by atoms with E-state index in [0.717, 1.165) is 31.1 Å². The van der Waals surface area contributed by atoms with E-state index in [1.165, 1.54) is 32.1 Å². The zero-order chi connectivity index (χ0) is 13.5. The van der Waals surface area contributed by atoms with Crippen molar-refractivity contribution >= 4 is 11.6 Å². The predicted octanol–water partition coefficient (Wildman–Crippen LogP) is 3.74. The lowest BCUT2D eigenvalue weighted by atomic mass is 10.0. The van der Waals surface area contributed by atoms with Crippen LogP contribution in [0.1, 0.15) is 57.2 Å². The first-order valence-electron chi connectivity index (χ1n) is 7.64. The minimum absolute atomic E-state index is 0.647. The maximum Gasteiger partial charge on any atom is 0.0762 e. The van der Waals surface area contributed by atoms with E-state index >= 15 is 0 Å². The highest BCUT2D eigenvalue weighted by Gasteiger charge is 2.17. The number of halogens is 1. The summed E-state index contributed by atoms with van der Waals surface area (Å²) in [7, 11) is 0. The zero-order valence-electron chi connectivity index (χ0n) is 11.9. The van der Waals surface area contributed by atoms with Crippen LogP contribution in [-0.4, -0.2) is 22.2 Å². The summed E-state index contributed by atoms with van der Waals surface area (Å²) in [5, 5.41) is 8.20. The van der Waals surface area contributed by atoms with E-state index in [2.05, 4.69) is 34.3 Å². The highest BCUT2D eigenvalue weighted by molar-refractivity contribution is 6.17. The number of rotatable bonds is 8. The monoisotopic (exact) mass is 283 g/mol. The van der Waals surface area contributed by atoms with Gasteiger partial charge in [-0.1, -0.05) is 26.2 Å². The van der Waals surface area contributed by atoms with Gasteiger partial charge in [0.05, 0.1) is 11.7 Å². The van der Waals surface area contributed by atoms with Crippen molar-refractivity contribution in [2.45, 2.75) is 58.0 Å². The first-order valence-corrected chi connectivity index (χ1v) is 8.17. The average molecular weight is 284 g/mol. The molecule has 3 nitrogen and oxygen atoms in total. The van der Waals surface area contributed by atoms with Crippen LogP contribution in [0.4, 0.5) is 0 Å². The minimum Gasteiger partial charge on any atom is -0.311 e. The quantitative estimate of drug-likeness (QED) is 0.737. The molecule has 19 heavy (non-hydrogen) atoms. The molecule has 1 fully saturated rings. The van der Waals surface area contributed by atoms with Crippen LogP contribution in [0.5, 0.6) is 0 Å². The lowest BCUT2D eigenvalue weighted by molar-refractivity contribution is 0.440. The first kappa shape index (κ1) is 14.9. The molecule has 0 bridgehead atoms. The molecule has 0 radical (unpaired) electrons. The lowest BCUT2D eigenvalue weighted by Crippen LogP contribution is -2.23. The Labute approximate surface area is 121 Å². The number of nitrogens with one attached hydrogen (secondary N) is 1. The Morgan fingerprint density at radius 2 is 2.26 bits per heavy atom. The molecule has 0 amide bonds. The van der Waals surface area contributed by atoms with Gasteiger partial charge in [0.1, 0.15) is 0 Å². The summed E-state index contributed by atoms with van der Waals surface area (Å²) in [5.41, 5.74) is 1.16. The van der Waals surface area contributed by atoms with Crippen molar-refractivity contribution in [2.24, 2.45) is 5.92 Å². The summed E-state index contributed by atoms with van der Waals surface area (Å²) < 4.78 is 2.17. The molecule has 0 aliphatic heterocycles. The molecule has 1 aliphatic rings. The SMILES string of the molecule is CCC(CCCl)CNCc1ccn(C2CCCC2)n1. The van der Waals surface area contributed by atoms with Gasteiger partial charge in [-0.25, -0.2) is 0 Å². The second kappa shape index (κ2) is 7.91. The minimum atomic E-state index is 0.647. The van der Waals surface area contributed by atoms with Crippen LogP contribution in [0.25, 0.3) is 0 Å². The van der Waals surface area contributed by atoms with Crippen molar-refractivity contribution in [1.82, 2.24) is 15.1 Å². The molecule has 1 atom stereocenters. The maximum absolute atomic E-state index is 5.80. The molecule has 108 valence electrons. The van der Waals surface area contributed by atoms with Crippen molar-refractivity contribution in [3.05, 3.63) is 18.0 Å². The van der Waals surface area contributed by atoms with Gasteiger partial charge in [0.15, 0.2) is 0 Å². The van der Waals surface area contributed by atoms with Crippen LogP contribution in [0.3, 0.4) is 0 Å². The molecule has 1 unspecified atom stereocenters. The third-order valence-corrected chi connectivity index (χ3v) is 4.41. The second-order valence-electron chi connectivity index (χ2n) is 5.61. The Morgan fingerprint density at radius 3 is 2.95 bits per heavy atom. The topological polar surface area (TPSA) is 29.9 Å². The Hall–Kier alpha value is -0.540. The molecule has 1 aliphatic carbocycles. The van der Waals surface area contributed by atoms with Crippen LogP contribution in [0, 0.1) is 5.92 Å². The summed E-state index contributed by atoms with van der Waals surface area (Å²) in [6.07, 6.45) is 9.73. The van der Waals surface area contributed by atoms with E-state index in [0.29, 0.717) is 12.0 Å². The van der Waals surface area contributed by atoms with Gasteiger partial charge in [-0.15, -0.1) is 11.6 Å². The molecule has 0 aromatic carbocycles. The van der Waals surface area contributed by atoms with Crippen LogP contribution in [0.2, 0.25) is 0 Å². The summed E-state index contributed by atoms with van der Waals surface area (Å²) in [4.78, 5) is 0. The van der Waals surface area contributed by atoms with Gasteiger partial charge in [-0.2, -0.15) is 5.10 Å². The third-order valence-electron chi connectivity index (χ3n) is 4.20. The lowest BCUT2D eigenvalue weighted by Gasteiger charge is -2.13. The van der Waals surface area contributed by atoms with E-state index in [9.17, 15) is 0 Å². The number of alkyl halides is 1. The van der Waals surface area contributed by atoms with Crippen LogP contribution in [0.15, 0.2) is 12.3 Å². The van der Waals surface area contributed by atoms with Gasteiger partial charge in [0, 0.05) is 18.6 Å². The third kappa shape index (κ3) is 4.50. The normalized spacial score (nSPS) is 18.0. The molecule has 2 rings (SSSR count). The average Bonchev–Trinajstić information content (AvgIpc) is 3.08. The number of aromatic nitrogens is 2. The van der Waals surface area contributed by atoms with Gasteiger partial charge in [0.25, 0.3) is 0 Å². The van der Waals surface area contributed by atoms with E-state index in [4.69, 9.17) is 11.6 Å². The van der Waals surface area contributed by atoms with Crippen LogP contribution < -0.4 is 5.32 Å². The standard InChI is InChI=1S/C15H26ClN3/c1-2-13(7-9-16)11-17-12-14-8-10-19(18-14)15-5-3-4-6-15/h8,10,13,15,17H,2-7,9,11-12H2,1H3. The summed E-state index contributed by atoms with van der Waals surface area (Å²) in [5.74, 6) is 1.45. The van der Waals surface area contributed by atoms with Crippen molar-refractivity contribution < 1.29 is 0 Å². The molecule has 0 spiro atoms. The van der Waals surface area contributed by atoms with E-state index in [1.54, 1.807) is 0 Å².